The van der Waals surface area contributed by atoms with Gasteiger partial charge in [0.25, 0.3) is 0 Å². The second-order valence-electron chi connectivity index (χ2n) is 5.16. The summed E-state index contributed by atoms with van der Waals surface area (Å²) in [5, 5.41) is 14.6. The molecule has 102 valence electrons. The van der Waals surface area contributed by atoms with Crippen LogP contribution in [0.5, 0.6) is 0 Å². The first-order valence-electron chi connectivity index (χ1n) is 7.01. The van der Waals surface area contributed by atoms with Crippen LogP contribution in [0, 0.1) is 5.92 Å². The average molecular weight is 252 g/mol. The molecule has 0 amide bonds. The smallest absolute Gasteiger partial charge is 0.315 e. The average Bonchev–Trinajstić information content (AvgIpc) is 2.87. The molecule has 0 bridgehead atoms. The zero-order valence-electron chi connectivity index (χ0n) is 11.6. The van der Waals surface area contributed by atoms with Crippen molar-refractivity contribution in [1.82, 2.24) is 15.5 Å². The number of nitrogens with one attached hydrogen (secondary N) is 2. The molecule has 0 radical (unpaired) electrons. The zero-order chi connectivity index (χ0) is 13.0. The normalized spacial score (nSPS) is 25.9. The Morgan fingerprint density at radius 1 is 1.33 bits per heavy atom. The van der Waals surface area contributed by atoms with Crippen molar-refractivity contribution in [2.45, 2.75) is 58.0 Å². The molecule has 0 saturated heterocycles. The van der Waals surface area contributed by atoms with Crippen LogP contribution in [0.3, 0.4) is 0 Å². The molecule has 1 saturated carbocycles. The fourth-order valence-electron chi connectivity index (χ4n) is 2.64. The van der Waals surface area contributed by atoms with Gasteiger partial charge in [0.1, 0.15) is 0 Å². The number of hydrogen-bond donors (Lipinski definition) is 2. The van der Waals surface area contributed by atoms with E-state index >= 15 is 0 Å². The quantitative estimate of drug-likeness (QED) is 0.843. The summed E-state index contributed by atoms with van der Waals surface area (Å²) in [5.74, 6) is 1.37. The number of nitrogens with zero attached hydrogens (tertiary/aromatic N) is 2. The van der Waals surface area contributed by atoms with E-state index in [2.05, 4.69) is 27.8 Å². The van der Waals surface area contributed by atoms with Crippen LogP contribution in [0.25, 0.3) is 0 Å². The highest BCUT2D eigenvalue weighted by molar-refractivity contribution is 5.20. The van der Waals surface area contributed by atoms with E-state index in [1.54, 1.807) is 0 Å². The van der Waals surface area contributed by atoms with E-state index in [-0.39, 0.29) is 6.04 Å². The molecule has 0 spiro atoms. The fraction of sp³-hybridized carbons (Fsp3) is 0.846. The van der Waals surface area contributed by atoms with E-state index in [1.807, 2.05) is 14.0 Å². The predicted molar refractivity (Wildman–Crippen MR) is 71.4 cm³/mol. The highest BCUT2D eigenvalue weighted by Gasteiger charge is 2.25. The number of aromatic nitrogens is 2. The van der Waals surface area contributed by atoms with E-state index in [1.165, 1.54) is 32.1 Å². The molecule has 2 N–H and O–H groups in total. The summed E-state index contributed by atoms with van der Waals surface area (Å²) in [6, 6.07) is 1.15. The Balaban J connectivity index is 1.97. The van der Waals surface area contributed by atoms with Gasteiger partial charge in [-0.2, -0.15) is 0 Å². The molecule has 5 nitrogen and oxygen atoms in total. The van der Waals surface area contributed by atoms with Crippen molar-refractivity contribution >= 4 is 6.01 Å². The van der Waals surface area contributed by atoms with Gasteiger partial charge in [-0.05, 0) is 32.7 Å². The summed E-state index contributed by atoms with van der Waals surface area (Å²) >= 11 is 0. The van der Waals surface area contributed by atoms with Crippen LogP contribution in [0.1, 0.15) is 57.9 Å². The van der Waals surface area contributed by atoms with Crippen LogP contribution >= 0.6 is 0 Å². The largest absolute Gasteiger partial charge is 0.406 e. The minimum absolute atomic E-state index is 0.0985. The summed E-state index contributed by atoms with van der Waals surface area (Å²) in [6.45, 7) is 4.26. The molecule has 3 unspecified atom stereocenters. The van der Waals surface area contributed by atoms with Gasteiger partial charge in [-0.25, -0.2) is 0 Å². The molecule has 0 aromatic carbocycles. The van der Waals surface area contributed by atoms with E-state index in [0.717, 1.165) is 5.92 Å². The maximum absolute atomic E-state index is 5.64. The number of anilines is 1. The van der Waals surface area contributed by atoms with E-state index in [4.69, 9.17) is 4.42 Å². The van der Waals surface area contributed by atoms with Gasteiger partial charge in [0.2, 0.25) is 5.89 Å². The Morgan fingerprint density at radius 3 is 2.83 bits per heavy atom. The van der Waals surface area contributed by atoms with Gasteiger partial charge in [0, 0.05) is 6.04 Å². The van der Waals surface area contributed by atoms with Crippen molar-refractivity contribution in [2.24, 2.45) is 5.92 Å². The fourth-order valence-corrected chi connectivity index (χ4v) is 2.64. The lowest BCUT2D eigenvalue weighted by molar-refractivity contribution is 0.310. The Kier molecular flexibility index (Phi) is 4.58. The summed E-state index contributed by atoms with van der Waals surface area (Å²) in [6.07, 6.45) is 6.37. The minimum atomic E-state index is 0.0985. The van der Waals surface area contributed by atoms with E-state index < -0.39 is 0 Å². The lowest BCUT2D eigenvalue weighted by Crippen LogP contribution is -2.31. The first-order chi connectivity index (χ1) is 8.74. The summed E-state index contributed by atoms with van der Waals surface area (Å²) in [7, 11) is 1.89. The molecule has 1 aromatic rings. The summed E-state index contributed by atoms with van der Waals surface area (Å²) < 4.78 is 5.64. The van der Waals surface area contributed by atoms with Gasteiger partial charge in [0.05, 0.1) is 6.04 Å². The third-order valence-electron chi connectivity index (χ3n) is 3.99. The highest BCUT2D eigenvalue weighted by atomic mass is 16.4. The zero-order valence-corrected chi connectivity index (χ0v) is 11.6. The van der Waals surface area contributed by atoms with Gasteiger partial charge >= 0.3 is 6.01 Å². The third kappa shape index (κ3) is 3.02. The number of rotatable bonds is 5. The maximum atomic E-state index is 5.64. The Labute approximate surface area is 109 Å². The SMILES string of the molecule is CCC1CCCCC1Nc1nnc(C(C)NC)o1. The molecule has 0 aliphatic heterocycles. The summed E-state index contributed by atoms with van der Waals surface area (Å²) in [5.41, 5.74) is 0. The van der Waals surface area contributed by atoms with Gasteiger partial charge in [0.15, 0.2) is 0 Å². The van der Waals surface area contributed by atoms with Gasteiger partial charge in [-0.15, -0.1) is 5.10 Å². The van der Waals surface area contributed by atoms with Gasteiger partial charge < -0.3 is 15.1 Å². The van der Waals surface area contributed by atoms with Crippen molar-refractivity contribution in [3.05, 3.63) is 5.89 Å². The minimum Gasteiger partial charge on any atom is -0.406 e. The van der Waals surface area contributed by atoms with E-state index in [9.17, 15) is 0 Å². The van der Waals surface area contributed by atoms with Crippen LogP contribution < -0.4 is 10.6 Å². The first-order valence-corrected chi connectivity index (χ1v) is 7.01. The molecule has 2 rings (SSSR count). The van der Waals surface area contributed by atoms with Crippen molar-refractivity contribution in [2.75, 3.05) is 12.4 Å². The molecule has 1 aliphatic rings. The van der Waals surface area contributed by atoms with Crippen LogP contribution in [0.4, 0.5) is 6.01 Å². The van der Waals surface area contributed by atoms with Crippen LogP contribution in [0.2, 0.25) is 0 Å². The Bertz CT molecular complexity index is 366. The Hall–Kier alpha value is -1.10. The van der Waals surface area contributed by atoms with Crippen LogP contribution in [0.15, 0.2) is 4.42 Å². The monoisotopic (exact) mass is 252 g/mol. The summed E-state index contributed by atoms with van der Waals surface area (Å²) in [4.78, 5) is 0. The van der Waals surface area contributed by atoms with Crippen molar-refractivity contribution < 1.29 is 4.42 Å². The molecule has 18 heavy (non-hydrogen) atoms. The molecular weight excluding hydrogens is 228 g/mol. The van der Waals surface area contributed by atoms with Crippen molar-refractivity contribution in [3.8, 4) is 0 Å². The first kappa shape index (κ1) is 13.3. The van der Waals surface area contributed by atoms with Crippen molar-refractivity contribution in [1.29, 1.82) is 0 Å². The van der Waals surface area contributed by atoms with Gasteiger partial charge in [-0.3, -0.25) is 0 Å². The van der Waals surface area contributed by atoms with Crippen LogP contribution in [-0.4, -0.2) is 23.3 Å². The molecule has 1 aromatic heterocycles. The highest BCUT2D eigenvalue weighted by Crippen LogP contribution is 2.29. The standard InChI is InChI=1S/C13H24N4O/c1-4-10-7-5-6-8-11(10)15-13-17-16-12(18-13)9(2)14-3/h9-11,14H,4-8H2,1-3H3,(H,15,17). The molecule has 3 atom stereocenters. The molecule has 1 aliphatic carbocycles. The predicted octanol–water partition coefficient (Wildman–Crippen LogP) is 2.73. The van der Waals surface area contributed by atoms with Gasteiger partial charge in [-0.1, -0.05) is 31.3 Å². The Morgan fingerprint density at radius 2 is 2.11 bits per heavy atom. The second kappa shape index (κ2) is 6.18. The second-order valence-corrected chi connectivity index (χ2v) is 5.16. The molecule has 1 fully saturated rings. The molecule has 5 heteroatoms. The van der Waals surface area contributed by atoms with E-state index in [0.29, 0.717) is 17.9 Å². The van der Waals surface area contributed by atoms with Crippen molar-refractivity contribution in [3.63, 3.8) is 0 Å². The molecule has 1 heterocycles. The third-order valence-corrected chi connectivity index (χ3v) is 3.99. The lowest BCUT2D eigenvalue weighted by Gasteiger charge is -2.30. The number of hydrogen-bond acceptors (Lipinski definition) is 5. The maximum Gasteiger partial charge on any atom is 0.315 e. The lowest BCUT2D eigenvalue weighted by atomic mass is 9.83. The molecular formula is C13H24N4O. The van der Waals surface area contributed by atoms with Crippen LogP contribution in [-0.2, 0) is 0 Å². The topological polar surface area (TPSA) is 63.0 Å².